The van der Waals surface area contributed by atoms with Crippen molar-refractivity contribution in [1.82, 2.24) is 10.3 Å². The molecule has 0 spiro atoms. The lowest BCUT2D eigenvalue weighted by molar-refractivity contribution is 0.551. The minimum atomic E-state index is -0.253. The van der Waals surface area contributed by atoms with Gasteiger partial charge in [-0.25, -0.2) is 4.39 Å². The molecule has 1 aliphatic carbocycles. The summed E-state index contributed by atoms with van der Waals surface area (Å²) in [6, 6.07) is 5.35. The van der Waals surface area contributed by atoms with Crippen LogP contribution in [0.25, 0.3) is 17.2 Å². The third-order valence-corrected chi connectivity index (χ3v) is 6.21. The molecular formula is C29H44FN3. The first kappa shape index (κ1) is 28.7. The number of nitrogens with zero attached hydrogens (tertiary/aromatic N) is 2. The topological polar surface area (TPSA) is 37.3 Å². The second-order valence-electron chi connectivity index (χ2n) is 9.19. The van der Waals surface area contributed by atoms with Gasteiger partial charge in [0.05, 0.1) is 11.4 Å². The molecule has 3 rings (SSSR count). The third-order valence-electron chi connectivity index (χ3n) is 6.21. The summed E-state index contributed by atoms with van der Waals surface area (Å²) < 4.78 is 13.8. The van der Waals surface area contributed by atoms with E-state index < -0.39 is 0 Å². The lowest BCUT2D eigenvalue weighted by atomic mass is 9.98. The van der Waals surface area contributed by atoms with Crippen molar-refractivity contribution in [3.8, 4) is 11.1 Å². The van der Waals surface area contributed by atoms with Gasteiger partial charge in [0.15, 0.2) is 0 Å². The molecule has 0 atom stereocenters. The predicted molar refractivity (Wildman–Crippen MR) is 144 cm³/mol. The lowest BCUT2D eigenvalue weighted by Crippen LogP contribution is -2.04. The fourth-order valence-corrected chi connectivity index (χ4v) is 3.04. The summed E-state index contributed by atoms with van der Waals surface area (Å²) in [6.45, 7) is 19.5. The van der Waals surface area contributed by atoms with Crippen LogP contribution in [0.15, 0.2) is 36.0 Å². The van der Waals surface area contributed by atoms with Crippen molar-refractivity contribution < 1.29 is 4.39 Å². The van der Waals surface area contributed by atoms with E-state index in [4.69, 9.17) is 0 Å². The van der Waals surface area contributed by atoms with E-state index in [0.717, 1.165) is 52.2 Å². The van der Waals surface area contributed by atoms with Crippen LogP contribution in [0.5, 0.6) is 0 Å². The van der Waals surface area contributed by atoms with Crippen molar-refractivity contribution in [3.63, 3.8) is 0 Å². The second-order valence-corrected chi connectivity index (χ2v) is 9.19. The van der Waals surface area contributed by atoms with Crippen LogP contribution in [-0.2, 0) is 0 Å². The fraction of sp³-hybridized carbons (Fsp3) is 0.517. The summed E-state index contributed by atoms with van der Waals surface area (Å²) in [6.07, 6.45) is 9.80. The number of benzene rings is 1. The van der Waals surface area contributed by atoms with Gasteiger partial charge in [-0.1, -0.05) is 46.8 Å². The van der Waals surface area contributed by atoms with Crippen LogP contribution in [-0.4, -0.2) is 24.3 Å². The zero-order valence-electron chi connectivity index (χ0n) is 22.1. The van der Waals surface area contributed by atoms with E-state index in [1.807, 2.05) is 46.1 Å². The van der Waals surface area contributed by atoms with E-state index in [1.54, 1.807) is 0 Å². The highest BCUT2D eigenvalue weighted by molar-refractivity contribution is 5.85. The molecule has 1 heterocycles. The Balaban J connectivity index is 0.000000405. The highest BCUT2D eigenvalue weighted by Gasteiger charge is 2.34. The summed E-state index contributed by atoms with van der Waals surface area (Å²) in [5.74, 6) is -0.253. The maximum atomic E-state index is 13.8. The Morgan fingerprint density at radius 2 is 1.88 bits per heavy atom. The van der Waals surface area contributed by atoms with E-state index in [9.17, 15) is 4.39 Å². The van der Waals surface area contributed by atoms with Crippen molar-refractivity contribution in [3.05, 3.63) is 53.6 Å². The SMILES string of the molecule is C=Cc1cc(-c2cnc(C)c(N=C(C)CC)c2)c(C)cc1F.CCC1(C)CC1.CCCNC. The van der Waals surface area contributed by atoms with Crippen molar-refractivity contribution in [2.24, 2.45) is 10.4 Å². The van der Waals surface area contributed by atoms with Crippen molar-refractivity contribution in [1.29, 1.82) is 0 Å². The van der Waals surface area contributed by atoms with Crippen LogP contribution in [0.3, 0.4) is 0 Å². The Kier molecular flexibility index (Phi) is 12.2. The molecule has 0 unspecified atom stereocenters. The Labute approximate surface area is 201 Å². The standard InChI is InChI=1S/C19H21FN2.C6H12.C4H11N/c1-6-13(4)22-19-10-16(11-21-14(19)5)17-9-15(7-2)18(20)8-12(17)3;1-3-6(2)4-5-6;1-3-4-5-2/h7-11H,2,6H2,1,3-5H3;3-5H2,1-2H3;5H,3-4H2,1-2H3. The van der Waals surface area contributed by atoms with Crippen LogP contribution < -0.4 is 5.32 Å². The first-order valence-electron chi connectivity index (χ1n) is 12.2. The molecule has 0 bridgehead atoms. The first-order valence-corrected chi connectivity index (χ1v) is 12.2. The molecule has 1 aliphatic rings. The van der Waals surface area contributed by atoms with E-state index in [0.29, 0.717) is 5.56 Å². The fourth-order valence-electron chi connectivity index (χ4n) is 3.04. The summed E-state index contributed by atoms with van der Waals surface area (Å²) >= 11 is 0. The third kappa shape index (κ3) is 9.59. The van der Waals surface area contributed by atoms with Crippen LogP contribution in [0.4, 0.5) is 10.1 Å². The van der Waals surface area contributed by atoms with Gasteiger partial charge < -0.3 is 5.32 Å². The van der Waals surface area contributed by atoms with Gasteiger partial charge >= 0.3 is 0 Å². The average molecular weight is 454 g/mol. The highest BCUT2D eigenvalue weighted by Crippen LogP contribution is 2.47. The summed E-state index contributed by atoms with van der Waals surface area (Å²) in [4.78, 5) is 9.05. The molecule has 33 heavy (non-hydrogen) atoms. The molecule has 1 aromatic heterocycles. The van der Waals surface area contributed by atoms with Gasteiger partial charge in [-0.15, -0.1) is 0 Å². The molecule has 3 nitrogen and oxygen atoms in total. The molecule has 1 fully saturated rings. The Hall–Kier alpha value is -2.33. The van der Waals surface area contributed by atoms with Crippen molar-refractivity contribution in [2.45, 2.75) is 80.6 Å². The second kappa shape index (κ2) is 14.0. The Morgan fingerprint density at radius 3 is 2.30 bits per heavy atom. The monoisotopic (exact) mass is 453 g/mol. The van der Waals surface area contributed by atoms with Gasteiger partial charge in [0.1, 0.15) is 5.82 Å². The van der Waals surface area contributed by atoms with Gasteiger partial charge in [-0.05, 0) is 94.8 Å². The van der Waals surface area contributed by atoms with Crippen LogP contribution in [0.2, 0.25) is 0 Å². The smallest absolute Gasteiger partial charge is 0.130 e. The minimum Gasteiger partial charge on any atom is -0.320 e. The average Bonchev–Trinajstić information content (AvgIpc) is 3.55. The molecular weight excluding hydrogens is 409 g/mol. The van der Waals surface area contributed by atoms with E-state index in [1.165, 1.54) is 37.8 Å². The van der Waals surface area contributed by atoms with Crippen molar-refractivity contribution >= 4 is 17.5 Å². The lowest BCUT2D eigenvalue weighted by Gasteiger charge is -2.10. The zero-order chi connectivity index (χ0) is 25.0. The molecule has 182 valence electrons. The normalized spacial score (nSPS) is 13.9. The molecule has 0 aliphatic heterocycles. The number of rotatable bonds is 7. The van der Waals surface area contributed by atoms with E-state index >= 15 is 0 Å². The molecule has 1 saturated carbocycles. The zero-order valence-corrected chi connectivity index (χ0v) is 22.1. The number of aryl methyl sites for hydroxylation is 2. The number of halogens is 1. The van der Waals surface area contributed by atoms with Gasteiger partial charge in [0.2, 0.25) is 0 Å². The maximum Gasteiger partial charge on any atom is 0.130 e. The first-order chi connectivity index (χ1) is 15.6. The number of aliphatic imine (C=N–C) groups is 1. The largest absolute Gasteiger partial charge is 0.320 e. The van der Waals surface area contributed by atoms with E-state index in [2.05, 4.69) is 49.6 Å². The number of hydrogen-bond acceptors (Lipinski definition) is 3. The van der Waals surface area contributed by atoms with Gasteiger partial charge in [0, 0.05) is 23.0 Å². The number of nitrogens with one attached hydrogen (secondary N) is 1. The highest BCUT2D eigenvalue weighted by atomic mass is 19.1. The van der Waals surface area contributed by atoms with Gasteiger partial charge in [-0.2, -0.15) is 0 Å². The van der Waals surface area contributed by atoms with Crippen LogP contribution in [0.1, 0.15) is 83.5 Å². The van der Waals surface area contributed by atoms with Crippen LogP contribution >= 0.6 is 0 Å². The molecule has 4 heteroatoms. The molecule has 0 amide bonds. The van der Waals surface area contributed by atoms with Crippen molar-refractivity contribution in [2.75, 3.05) is 13.6 Å². The summed E-state index contributed by atoms with van der Waals surface area (Å²) in [5.41, 5.74) is 6.86. The Bertz CT molecular complexity index is 925. The minimum absolute atomic E-state index is 0.253. The number of aromatic nitrogens is 1. The van der Waals surface area contributed by atoms with Gasteiger partial charge in [-0.3, -0.25) is 9.98 Å². The summed E-state index contributed by atoms with van der Waals surface area (Å²) in [5, 5.41) is 3.02. The Morgan fingerprint density at radius 1 is 1.21 bits per heavy atom. The molecule has 0 radical (unpaired) electrons. The number of pyridine rings is 1. The van der Waals surface area contributed by atoms with E-state index in [-0.39, 0.29) is 5.82 Å². The summed E-state index contributed by atoms with van der Waals surface area (Å²) in [7, 11) is 1.96. The maximum absolute atomic E-state index is 13.8. The predicted octanol–water partition coefficient (Wildman–Crippen LogP) is 8.46. The molecule has 2 aromatic rings. The molecule has 1 N–H and O–H groups in total. The van der Waals surface area contributed by atoms with Crippen LogP contribution in [0, 0.1) is 25.1 Å². The molecule has 0 saturated heterocycles. The quantitative estimate of drug-likeness (QED) is 0.427. The number of hydrogen-bond donors (Lipinski definition) is 1. The van der Waals surface area contributed by atoms with Gasteiger partial charge in [0.25, 0.3) is 0 Å². The molecule has 1 aromatic carbocycles.